The molecule has 2 aromatic rings. The van der Waals surface area contributed by atoms with Gasteiger partial charge in [0.05, 0.1) is 0 Å². The number of hydrogen-bond acceptors (Lipinski definition) is 2. The molecule has 1 unspecified atom stereocenters. The Morgan fingerprint density at radius 3 is 2.61 bits per heavy atom. The van der Waals surface area contributed by atoms with Gasteiger partial charge in [-0.1, -0.05) is 0 Å². The number of amides is 1. The molecule has 1 atom stereocenters. The van der Waals surface area contributed by atoms with Gasteiger partial charge in [0.1, 0.15) is 0 Å². The first-order valence-electron chi connectivity index (χ1n) is 7.27. The van der Waals surface area contributed by atoms with Gasteiger partial charge in [-0.15, -0.1) is 0 Å². The smallest absolute Gasteiger partial charge is 0.223 e. The average molecular weight is 320 g/mol. The summed E-state index contributed by atoms with van der Waals surface area (Å²) >= 11 is 0. The molecule has 0 spiro atoms. The van der Waals surface area contributed by atoms with Crippen LogP contribution >= 0.6 is 0 Å². The number of aryl methyl sites for hydroxylation is 1. The molecule has 23 heavy (non-hydrogen) atoms. The summed E-state index contributed by atoms with van der Waals surface area (Å²) in [6, 6.07) is 3.79. The zero-order valence-corrected chi connectivity index (χ0v) is 12.5. The van der Waals surface area contributed by atoms with Crippen molar-refractivity contribution in [1.82, 2.24) is 9.88 Å². The number of nitrogens with zero attached hydrogens (tertiary/aromatic N) is 2. The standard InChI is InChI=1S/C17H15F3N2O/c1-10-2-3-21-7-13(10)9-22-8-12(6-16(22)23)11-4-14(18)17(20)15(19)5-11/h2-5,7,12H,6,8-9H2,1H3. The maximum atomic E-state index is 13.4. The van der Waals surface area contributed by atoms with Crippen LogP contribution in [0, 0.1) is 24.4 Å². The first-order chi connectivity index (χ1) is 11.0. The Morgan fingerprint density at radius 2 is 1.96 bits per heavy atom. The van der Waals surface area contributed by atoms with Crippen molar-refractivity contribution in [3.05, 3.63) is 64.7 Å². The fourth-order valence-corrected chi connectivity index (χ4v) is 2.83. The summed E-state index contributed by atoms with van der Waals surface area (Å²) in [5.41, 5.74) is 2.26. The van der Waals surface area contributed by atoms with E-state index in [1.165, 1.54) is 0 Å². The van der Waals surface area contributed by atoms with E-state index >= 15 is 0 Å². The molecule has 1 fully saturated rings. The van der Waals surface area contributed by atoms with Gasteiger partial charge in [0.25, 0.3) is 0 Å². The molecule has 6 heteroatoms. The number of aromatic nitrogens is 1. The molecule has 0 N–H and O–H groups in total. The van der Waals surface area contributed by atoms with E-state index in [4.69, 9.17) is 0 Å². The molecule has 3 rings (SSSR count). The third-order valence-corrected chi connectivity index (χ3v) is 4.20. The van der Waals surface area contributed by atoms with Crippen molar-refractivity contribution in [2.24, 2.45) is 0 Å². The molecule has 0 bridgehead atoms. The highest BCUT2D eigenvalue weighted by molar-refractivity contribution is 5.79. The second kappa shape index (κ2) is 6.02. The molecule has 1 aliphatic rings. The van der Waals surface area contributed by atoms with Crippen LogP contribution in [0.25, 0.3) is 0 Å². The molecule has 0 radical (unpaired) electrons. The Hall–Kier alpha value is -2.37. The Bertz CT molecular complexity index is 740. The van der Waals surface area contributed by atoms with Crippen molar-refractivity contribution >= 4 is 5.91 Å². The molecule has 1 aliphatic heterocycles. The molecular formula is C17H15F3N2O. The van der Waals surface area contributed by atoms with E-state index in [-0.39, 0.29) is 18.2 Å². The monoisotopic (exact) mass is 320 g/mol. The highest BCUT2D eigenvalue weighted by Crippen LogP contribution is 2.31. The van der Waals surface area contributed by atoms with Crippen molar-refractivity contribution in [3.8, 4) is 0 Å². The quantitative estimate of drug-likeness (QED) is 0.813. The van der Waals surface area contributed by atoms with E-state index in [9.17, 15) is 18.0 Å². The molecule has 0 aliphatic carbocycles. The van der Waals surface area contributed by atoms with E-state index < -0.39 is 17.5 Å². The molecule has 1 aromatic heterocycles. The molecule has 0 saturated carbocycles. The predicted octanol–water partition coefficient (Wildman–Crippen LogP) is 3.32. The van der Waals surface area contributed by atoms with Crippen LogP contribution in [-0.2, 0) is 11.3 Å². The van der Waals surface area contributed by atoms with Crippen LogP contribution < -0.4 is 0 Å². The van der Waals surface area contributed by atoms with Gasteiger partial charge in [0, 0.05) is 37.8 Å². The number of carbonyl (C=O) groups excluding carboxylic acids is 1. The third-order valence-electron chi connectivity index (χ3n) is 4.20. The minimum atomic E-state index is -1.49. The fraction of sp³-hybridized carbons (Fsp3) is 0.294. The Morgan fingerprint density at radius 1 is 1.26 bits per heavy atom. The average Bonchev–Trinajstić information content (AvgIpc) is 2.88. The number of pyridine rings is 1. The van der Waals surface area contributed by atoms with E-state index in [1.54, 1.807) is 17.3 Å². The van der Waals surface area contributed by atoms with Crippen molar-refractivity contribution in [2.45, 2.75) is 25.8 Å². The molecule has 3 nitrogen and oxygen atoms in total. The SMILES string of the molecule is Cc1ccncc1CN1CC(c2cc(F)c(F)c(F)c2)CC1=O. The van der Waals surface area contributed by atoms with E-state index in [1.807, 2.05) is 13.0 Å². The number of hydrogen-bond donors (Lipinski definition) is 0. The number of halogens is 3. The van der Waals surface area contributed by atoms with Crippen LogP contribution in [0.15, 0.2) is 30.6 Å². The van der Waals surface area contributed by atoms with Crippen LogP contribution in [0.1, 0.15) is 29.0 Å². The first-order valence-corrected chi connectivity index (χ1v) is 7.27. The highest BCUT2D eigenvalue weighted by Gasteiger charge is 2.31. The lowest BCUT2D eigenvalue weighted by Crippen LogP contribution is -2.25. The number of rotatable bonds is 3. The highest BCUT2D eigenvalue weighted by atomic mass is 19.2. The van der Waals surface area contributed by atoms with Gasteiger partial charge >= 0.3 is 0 Å². The van der Waals surface area contributed by atoms with Crippen LogP contribution in [0.2, 0.25) is 0 Å². The van der Waals surface area contributed by atoms with Crippen LogP contribution in [0.5, 0.6) is 0 Å². The van der Waals surface area contributed by atoms with E-state index in [0.717, 1.165) is 23.3 Å². The Balaban J connectivity index is 1.79. The zero-order valence-electron chi connectivity index (χ0n) is 12.5. The number of likely N-dealkylation sites (tertiary alicyclic amines) is 1. The van der Waals surface area contributed by atoms with Gasteiger partial charge in [0.2, 0.25) is 5.91 Å². The number of carbonyl (C=O) groups is 1. The maximum absolute atomic E-state index is 13.4. The molecule has 2 heterocycles. The minimum absolute atomic E-state index is 0.0941. The minimum Gasteiger partial charge on any atom is -0.338 e. The predicted molar refractivity (Wildman–Crippen MR) is 78.1 cm³/mol. The summed E-state index contributed by atoms with van der Waals surface area (Å²) in [5.74, 6) is -4.38. The maximum Gasteiger partial charge on any atom is 0.223 e. The van der Waals surface area contributed by atoms with Gasteiger partial charge < -0.3 is 4.90 Å². The summed E-state index contributed by atoms with van der Waals surface area (Å²) in [4.78, 5) is 17.8. The lowest BCUT2D eigenvalue weighted by Gasteiger charge is -2.18. The van der Waals surface area contributed by atoms with Gasteiger partial charge in [-0.3, -0.25) is 9.78 Å². The molecule has 120 valence electrons. The van der Waals surface area contributed by atoms with Crippen LogP contribution in [0.4, 0.5) is 13.2 Å². The lowest BCUT2D eigenvalue weighted by atomic mass is 9.98. The normalized spacial score (nSPS) is 17.8. The van der Waals surface area contributed by atoms with Gasteiger partial charge in [-0.25, -0.2) is 13.2 Å². The summed E-state index contributed by atoms with van der Waals surface area (Å²) in [6.07, 6.45) is 3.54. The topological polar surface area (TPSA) is 33.2 Å². The van der Waals surface area contributed by atoms with Crippen LogP contribution in [-0.4, -0.2) is 22.3 Å². The van der Waals surface area contributed by atoms with Gasteiger partial charge in [0.15, 0.2) is 17.5 Å². The molecule has 1 amide bonds. The Labute approximate surface area is 131 Å². The summed E-state index contributed by atoms with van der Waals surface area (Å²) in [5, 5.41) is 0. The number of benzene rings is 1. The van der Waals surface area contributed by atoms with Gasteiger partial charge in [-0.2, -0.15) is 0 Å². The largest absolute Gasteiger partial charge is 0.338 e. The van der Waals surface area contributed by atoms with Crippen molar-refractivity contribution in [2.75, 3.05) is 6.54 Å². The lowest BCUT2D eigenvalue weighted by molar-refractivity contribution is -0.128. The molecule has 1 saturated heterocycles. The molecule has 1 aromatic carbocycles. The zero-order chi connectivity index (χ0) is 16.6. The van der Waals surface area contributed by atoms with Gasteiger partial charge in [-0.05, 0) is 41.8 Å². The summed E-state index contributed by atoms with van der Waals surface area (Å²) in [7, 11) is 0. The molecular weight excluding hydrogens is 305 g/mol. The Kier molecular flexibility index (Phi) is 4.07. The third kappa shape index (κ3) is 3.06. The van der Waals surface area contributed by atoms with Crippen LogP contribution in [0.3, 0.4) is 0 Å². The summed E-state index contributed by atoms with van der Waals surface area (Å²) in [6.45, 7) is 2.68. The van der Waals surface area contributed by atoms with E-state index in [0.29, 0.717) is 18.7 Å². The second-order valence-corrected chi connectivity index (χ2v) is 5.78. The fourth-order valence-electron chi connectivity index (χ4n) is 2.83. The van der Waals surface area contributed by atoms with E-state index in [2.05, 4.69) is 4.98 Å². The van der Waals surface area contributed by atoms with Crippen molar-refractivity contribution in [1.29, 1.82) is 0 Å². The second-order valence-electron chi connectivity index (χ2n) is 5.78. The van der Waals surface area contributed by atoms with Crippen molar-refractivity contribution < 1.29 is 18.0 Å². The van der Waals surface area contributed by atoms with Crippen molar-refractivity contribution in [3.63, 3.8) is 0 Å². The summed E-state index contributed by atoms with van der Waals surface area (Å²) < 4.78 is 39.8. The first kappa shape index (κ1) is 15.5.